The molecule has 0 aromatic carbocycles. The molecule has 0 aromatic rings. The Balaban J connectivity index is 1.80. The van der Waals surface area contributed by atoms with Crippen LogP contribution in [0.4, 0.5) is 0 Å². The first kappa shape index (κ1) is 36.1. The van der Waals surface area contributed by atoms with Gasteiger partial charge in [-0.2, -0.15) is 0 Å². The van der Waals surface area contributed by atoms with Gasteiger partial charge in [0.05, 0.1) is 0 Å². The van der Waals surface area contributed by atoms with Crippen molar-refractivity contribution in [2.45, 2.75) is 193 Å². The molecular formula is C34H60N2O6. The Morgan fingerprint density at radius 2 is 0.810 bits per heavy atom. The summed E-state index contributed by atoms with van der Waals surface area (Å²) in [7, 11) is 0. The molecule has 0 bridgehead atoms. The third-order valence-electron chi connectivity index (χ3n) is 8.93. The molecule has 0 atom stereocenters. The maximum atomic E-state index is 13.0. The van der Waals surface area contributed by atoms with Crippen LogP contribution in [0.25, 0.3) is 0 Å². The van der Waals surface area contributed by atoms with E-state index in [-0.39, 0.29) is 48.8 Å². The molecule has 2 aliphatic rings. The summed E-state index contributed by atoms with van der Waals surface area (Å²) in [5, 5.41) is 0. The van der Waals surface area contributed by atoms with Crippen molar-refractivity contribution in [3.63, 3.8) is 0 Å². The zero-order valence-corrected chi connectivity index (χ0v) is 28.4. The summed E-state index contributed by atoms with van der Waals surface area (Å²) in [5.74, 6) is -0.174. The van der Waals surface area contributed by atoms with Crippen molar-refractivity contribution in [3.8, 4) is 0 Å². The molecule has 8 heteroatoms. The van der Waals surface area contributed by atoms with Crippen LogP contribution in [0, 0.1) is 0 Å². The van der Waals surface area contributed by atoms with Gasteiger partial charge in [-0.05, 0) is 81.1 Å². The Bertz CT molecular complexity index is 842. The molecule has 2 amide bonds. The van der Waals surface area contributed by atoms with Gasteiger partial charge in [0.1, 0.15) is 12.2 Å². The Morgan fingerprint density at radius 1 is 0.524 bits per heavy atom. The molecule has 0 saturated carbocycles. The molecule has 242 valence electrons. The monoisotopic (exact) mass is 592 g/mol. The molecule has 42 heavy (non-hydrogen) atoms. The SMILES string of the molecule is CCCCC(=O)N1C(C)(C)CC(OC(=O)CCCCC(=O)OC2CC(C)(C)N(C(=O)CCCC)C(C)(C)C2)CC1(C)C. The molecule has 0 N–H and O–H groups in total. The minimum absolute atomic E-state index is 0.168. The zero-order valence-electron chi connectivity index (χ0n) is 28.4. The average Bonchev–Trinajstić information content (AvgIpc) is 2.80. The van der Waals surface area contributed by atoms with E-state index in [0.717, 1.165) is 25.7 Å². The van der Waals surface area contributed by atoms with E-state index < -0.39 is 22.2 Å². The lowest BCUT2D eigenvalue weighted by molar-refractivity contribution is -0.170. The van der Waals surface area contributed by atoms with Gasteiger partial charge in [0, 0.05) is 73.5 Å². The van der Waals surface area contributed by atoms with Crippen LogP contribution in [0.15, 0.2) is 0 Å². The highest BCUT2D eigenvalue weighted by Gasteiger charge is 2.49. The number of carbonyl (C=O) groups excluding carboxylic acids is 4. The molecular weight excluding hydrogens is 532 g/mol. The van der Waals surface area contributed by atoms with Crippen LogP contribution in [-0.4, -0.2) is 67.9 Å². The van der Waals surface area contributed by atoms with E-state index in [2.05, 4.69) is 69.2 Å². The van der Waals surface area contributed by atoms with E-state index in [1.807, 2.05) is 9.80 Å². The van der Waals surface area contributed by atoms with E-state index in [1.165, 1.54) is 0 Å². The van der Waals surface area contributed by atoms with Crippen molar-refractivity contribution >= 4 is 23.8 Å². The summed E-state index contributed by atoms with van der Waals surface area (Å²) in [4.78, 5) is 55.3. The summed E-state index contributed by atoms with van der Waals surface area (Å²) >= 11 is 0. The lowest BCUT2D eigenvalue weighted by Crippen LogP contribution is -2.64. The Hall–Kier alpha value is -2.12. The van der Waals surface area contributed by atoms with E-state index >= 15 is 0 Å². The number of carbonyl (C=O) groups is 4. The maximum absolute atomic E-state index is 13.0. The van der Waals surface area contributed by atoms with Gasteiger partial charge in [0.15, 0.2) is 0 Å². The molecule has 2 saturated heterocycles. The lowest BCUT2D eigenvalue weighted by atomic mass is 9.77. The summed E-state index contributed by atoms with van der Waals surface area (Å²) in [6.45, 7) is 20.6. The predicted octanol–water partition coefficient (Wildman–Crippen LogP) is 7.11. The molecule has 2 aliphatic heterocycles. The van der Waals surface area contributed by atoms with Gasteiger partial charge in [-0.3, -0.25) is 19.2 Å². The summed E-state index contributed by atoms with van der Waals surface area (Å²) in [6, 6.07) is 0. The van der Waals surface area contributed by atoms with Crippen molar-refractivity contribution < 1.29 is 28.7 Å². The minimum atomic E-state index is -0.399. The van der Waals surface area contributed by atoms with Crippen LogP contribution in [0.5, 0.6) is 0 Å². The van der Waals surface area contributed by atoms with Crippen molar-refractivity contribution in [3.05, 3.63) is 0 Å². The number of esters is 2. The number of piperidine rings is 2. The third-order valence-corrected chi connectivity index (χ3v) is 8.93. The molecule has 0 aliphatic carbocycles. The summed E-state index contributed by atoms with van der Waals surface area (Å²) in [5.41, 5.74) is -1.60. The molecule has 2 heterocycles. The molecule has 8 nitrogen and oxygen atoms in total. The zero-order chi connectivity index (χ0) is 31.9. The number of rotatable bonds is 13. The summed E-state index contributed by atoms with van der Waals surface area (Å²) in [6.07, 6.45) is 8.39. The Kier molecular flexibility index (Phi) is 12.5. The van der Waals surface area contributed by atoms with E-state index in [9.17, 15) is 19.2 Å². The second kappa shape index (κ2) is 14.6. The Labute approximate surface area is 255 Å². The molecule has 0 unspecified atom stereocenters. The van der Waals surface area contributed by atoms with Gasteiger partial charge in [0.2, 0.25) is 11.8 Å². The van der Waals surface area contributed by atoms with Crippen LogP contribution in [0.1, 0.15) is 159 Å². The summed E-state index contributed by atoms with van der Waals surface area (Å²) < 4.78 is 11.7. The normalized spacial score (nSPS) is 21.6. The van der Waals surface area contributed by atoms with Crippen LogP contribution in [0.3, 0.4) is 0 Å². The van der Waals surface area contributed by atoms with Crippen molar-refractivity contribution in [2.24, 2.45) is 0 Å². The minimum Gasteiger partial charge on any atom is -0.462 e. The second-order valence-corrected chi connectivity index (χ2v) is 15.2. The molecule has 0 radical (unpaired) electrons. The van der Waals surface area contributed by atoms with Gasteiger partial charge in [-0.25, -0.2) is 0 Å². The van der Waals surface area contributed by atoms with E-state index in [4.69, 9.17) is 9.47 Å². The highest BCUT2D eigenvalue weighted by atomic mass is 16.5. The highest BCUT2D eigenvalue weighted by molar-refractivity contribution is 5.79. The van der Waals surface area contributed by atoms with Gasteiger partial charge in [-0.15, -0.1) is 0 Å². The van der Waals surface area contributed by atoms with Crippen molar-refractivity contribution in [1.29, 1.82) is 0 Å². The fourth-order valence-corrected chi connectivity index (χ4v) is 7.80. The molecule has 0 aromatic heterocycles. The standard InChI is InChI=1S/C34H60N2O6/c1-11-13-17-27(37)35-31(3,4)21-25(22-32(35,5)6)41-29(39)19-15-16-20-30(40)42-26-23-33(7,8)36(34(9,10)24-26)28(38)18-14-12-2/h25-26H,11-24H2,1-10H3. The quantitative estimate of drug-likeness (QED) is 0.167. The van der Waals surface area contributed by atoms with E-state index in [0.29, 0.717) is 51.4 Å². The Morgan fingerprint density at radius 3 is 1.07 bits per heavy atom. The largest absolute Gasteiger partial charge is 0.462 e. The highest BCUT2D eigenvalue weighted by Crippen LogP contribution is 2.41. The fraction of sp³-hybridized carbons (Fsp3) is 0.882. The number of amides is 2. The predicted molar refractivity (Wildman–Crippen MR) is 166 cm³/mol. The first-order valence-electron chi connectivity index (χ1n) is 16.4. The third kappa shape index (κ3) is 9.70. The number of nitrogens with zero attached hydrogens (tertiary/aromatic N) is 2. The smallest absolute Gasteiger partial charge is 0.306 e. The van der Waals surface area contributed by atoms with Crippen molar-refractivity contribution in [1.82, 2.24) is 9.80 Å². The van der Waals surface area contributed by atoms with Gasteiger partial charge < -0.3 is 19.3 Å². The topological polar surface area (TPSA) is 93.2 Å². The van der Waals surface area contributed by atoms with Crippen molar-refractivity contribution in [2.75, 3.05) is 0 Å². The van der Waals surface area contributed by atoms with E-state index in [1.54, 1.807) is 0 Å². The molecule has 2 fully saturated rings. The van der Waals surface area contributed by atoms with Gasteiger partial charge >= 0.3 is 11.9 Å². The van der Waals surface area contributed by atoms with Gasteiger partial charge in [-0.1, -0.05) is 26.7 Å². The van der Waals surface area contributed by atoms with Crippen LogP contribution in [0.2, 0.25) is 0 Å². The second-order valence-electron chi connectivity index (χ2n) is 15.2. The maximum Gasteiger partial charge on any atom is 0.306 e. The van der Waals surface area contributed by atoms with Crippen LogP contribution in [-0.2, 0) is 28.7 Å². The number of hydrogen-bond acceptors (Lipinski definition) is 6. The lowest BCUT2D eigenvalue weighted by Gasteiger charge is -2.55. The number of hydrogen-bond donors (Lipinski definition) is 0. The first-order chi connectivity index (χ1) is 19.4. The number of unbranched alkanes of at least 4 members (excludes halogenated alkanes) is 3. The molecule has 2 rings (SSSR count). The number of ether oxygens (including phenoxy) is 2. The fourth-order valence-electron chi connectivity index (χ4n) is 7.80. The first-order valence-corrected chi connectivity index (χ1v) is 16.4. The average molecular weight is 593 g/mol. The van der Waals surface area contributed by atoms with Crippen LogP contribution < -0.4 is 0 Å². The van der Waals surface area contributed by atoms with Gasteiger partial charge in [0.25, 0.3) is 0 Å². The number of likely N-dealkylation sites (tertiary alicyclic amines) is 2. The molecule has 0 spiro atoms. The van der Waals surface area contributed by atoms with Crippen LogP contribution >= 0.6 is 0 Å².